The van der Waals surface area contributed by atoms with Crippen LogP contribution < -0.4 is 0 Å². The molecule has 0 spiro atoms. The lowest BCUT2D eigenvalue weighted by Crippen LogP contribution is -2.37. The third-order valence-electron chi connectivity index (χ3n) is 1.15. The fourth-order valence-corrected chi connectivity index (χ4v) is 1.46. The topological polar surface area (TPSA) is 83.8 Å². The van der Waals surface area contributed by atoms with E-state index in [0.717, 1.165) is 4.31 Å². The van der Waals surface area contributed by atoms with Crippen molar-refractivity contribution in [2.45, 2.75) is 26.1 Å². The molecule has 2 N–H and O–H groups in total. The third kappa shape index (κ3) is 5.62. The monoisotopic (exact) mass is 196 g/mol. The van der Waals surface area contributed by atoms with Crippen LogP contribution in [0, 0.1) is 0 Å². The maximum absolute atomic E-state index is 10.5. The van der Waals surface area contributed by atoms with Crippen LogP contribution in [0.1, 0.15) is 13.8 Å². The molecule has 12 heavy (non-hydrogen) atoms. The van der Waals surface area contributed by atoms with E-state index in [1.165, 1.54) is 13.8 Å². The van der Waals surface area contributed by atoms with Gasteiger partial charge in [0.1, 0.15) is 0 Å². The van der Waals surface area contributed by atoms with E-state index in [2.05, 4.69) is 0 Å². The summed E-state index contributed by atoms with van der Waals surface area (Å²) in [5, 5.41) is 17.8. The molecule has 0 amide bonds. The van der Waals surface area contributed by atoms with Gasteiger partial charge in [0.2, 0.25) is 0 Å². The van der Waals surface area contributed by atoms with Gasteiger partial charge in [0.15, 0.2) is 0 Å². The Morgan fingerprint density at radius 1 is 1.33 bits per heavy atom. The van der Waals surface area contributed by atoms with Crippen LogP contribution in [-0.2, 0) is 11.3 Å². The second-order valence-corrected chi connectivity index (χ2v) is 3.71. The van der Waals surface area contributed by atoms with E-state index in [1.807, 2.05) is 0 Å². The maximum atomic E-state index is 10.5. The quantitative estimate of drug-likeness (QED) is 0.543. The summed E-state index contributed by atoms with van der Waals surface area (Å²) in [6.07, 6.45) is -1.44. The largest absolute Gasteiger partial charge is 0.760 e. The first-order valence-corrected chi connectivity index (χ1v) is 4.67. The third-order valence-corrected chi connectivity index (χ3v) is 1.87. The minimum Gasteiger partial charge on any atom is -0.760 e. The zero-order chi connectivity index (χ0) is 9.72. The van der Waals surface area contributed by atoms with Crippen molar-refractivity contribution in [1.29, 1.82) is 0 Å². The summed E-state index contributed by atoms with van der Waals surface area (Å²) in [5.74, 6) is 0. The van der Waals surface area contributed by atoms with Crippen molar-refractivity contribution in [2.24, 2.45) is 0 Å². The van der Waals surface area contributed by atoms with Crippen LogP contribution in [-0.4, -0.2) is 48.6 Å². The highest BCUT2D eigenvalue weighted by Crippen LogP contribution is 1.97. The number of nitrogens with zero attached hydrogens (tertiary/aromatic N) is 1. The Morgan fingerprint density at radius 2 is 1.67 bits per heavy atom. The van der Waals surface area contributed by atoms with Crippen LogP contribution in [0.25, 0.3) is 0 Å². The van der Waals surface area contributed by atoms with Gasteiger partial charge in [-0.3, -0.25) is 4.21 Å². The Bertz CT molecular complexity index is 140. The van der Waals surface area contributed by atoms with Crippen molar-refractivity contribution < 1.29 is 19.0 Å². The lowest BCUT2D eigenvalue weighted by Gasteiger charge is -2.26. The van der Waals surface area contributed by atoms with Crippen molar-refractivity contribution in [1.82, 2.24) is 4.31 Å². The van der Waals surface area contributed by atoms with E-state index in [0.29, 0.717) is 0 Å². The number of hydrogen-bond acceptors (Lipinski definition) is 4. The molecule has 0 aromatic rings. The van der Waals surface area contributed by atoms with E-state index in [-0.39, 0.29) is 13.1 Å². The lowest BCUT2D eigenvalue weighted by molar-refractivity contribution is 0.123. The summed E-state index contributed by atoms with van der Waals surface area (Å²) in [4.78, 5) is 0. The Hall–Kier alpha value is -0.0100. The van der Waals surface area contributed by atoms with E-state index >= 15 is 0 Å². The molecule has 0 radical (unpaired) electrons. The SMILES string of the molecule is CC(O)CN(CC(C)O)S(=O)[O-]. The molecule has 0 saturated heterocycles. The Morgan fingerprint density at radius 3 is 1.83 bits per heavy atom. The number of hydrogen-bond donors (Lipinski definition) is 2. The number of aliphatic hydroxyl groups is 2. The molecular weight excluding hydrogens is 182 g/mol. The zero-order valence-electron chi connectivity index (χ0n) is 7.14. The van der Waals surface area contributed by atoms with Crippen molar-refractivity contribution in [3.8, 4) is 0 Å². The highest BCUT2D eigenvalue weighted by atomic mass is 32.2. The van der Waals surface area contributed by atoms with Gasteiger partial charge in [-0.25, -0.2) is 4.31 Å². The van der Waals surface area contributed by atoms with E-state index < -0.39 is 23.5 Å². The summed E-state index contributed by atoms with van der Waals surface area (Å²) >= 11 is -2.38. The standard InChI is InChI=1S/C6H15NO4S/c1-5(8)3-7(12(10)11)4-6(2)9/h5-6,8-9H,3-4H2,1-2H3,(H,10,11)/p-1. The van der Waals surface area contributed by atoms with E-state index in [9.17, 15) is 8.76 Å². The Labute approximate surface area is 74.4 Å². The fraction of sp³-hybridized carbons (Fsp3) is 1.00. The molecule has 0 heterocycles. The first-order valence-electron chi connectivity index (χ1n) is 3.64. The molecule has 6 heteroatoms. The van der Waals surface area contributed by atoms with Gasteiger partial charge in [0.25, 0.3) is 0 Å². The predicted molar refractivity (Wildman–Crippen MR) is 43.9 cm³/mol. The average molecular weight is 196 g/mol. The minimum atomic E-state index is -2.38. The minimum absolute atomic E-state index is 0.0149. The molecule has 0 rings (SSSR count). The van der Waals surface area contributed by atoms with Crippen LogP contribution in [0.4, 0.5) is 0 Å². The second kappa shape index (κ2) is 5.60. The van der Waals surface area contributed by atoms with Gasteiger partial charge < -0.3 is 14.8 Å². The van der Waals surface area contributed by atoms with Crippen LogP contribution >= 0.6 is 0 Å². The first kappa shape index (κ1) is 12.0. The Balaban J connectivity index is 3.96. The molecule has 0 aliphatic carbocycles. The first-order chi connectivity index (χ1) is 5.43. The van der Waals surface area contributed by atoms with Gasteiger partial charge >= 0.3 is 0 Å². The second-order valence-electron chi connectivity index (χ2n) is 2.76. The molecule has 74 valence electrons. The smallest absolute Gasteiger partial charge is 0.0648 e. The molecule has 0 aliphatic rings. The summed E-state index contributed by atoms with van der Waals surface area (Å²) in [7, 11) is 0. The number of aliphatic hydroxyl groups excluding tert-OH is 2. The van der Waals surface area contributed by atoms with Crippen LogP contribution in [0.3, 0.4) is 0 Å². The predicted octanol–water partition coefficient (Wildman–Crippen LogP) is -1.16. The molecule has 0 aliphatic heterocycles. The van der Waals surface area contributed by atoms with Crippen molar-refractivity contribution in [3.05, 3.63) is 0 Å². The molecule has 0 saturated carbocycles. The van der Waals surface area contributed by atoms with Crippen LogP contribution in [0.2, 0.25) is 0 Å². The van der Waals surface area contributed by atoms with Crippen molar-refractivity contribution in [3.63, 3.8) is 0 Å². The van der Waals surface area contributed by atoms with Crippen molar-refractivity contribution >= 4 is 11.3 Å². The average Bonchev–Trinajstić information content (AvgIpc) is 1.83. The van der Waals surface area contributed by atoms with Gasteiger partial charge in [0, 0.05) is 24.4 Å². The van der Waals surface area contributed by atoms with Crippen LogP contribution in [0.15, 0.2) is 0 Å². The van der Waals surface area contributed by atoms with Gasteiger partial charge in [0.05, 0.1) is 12.2 Å². The lowest BCUT2D eigenvalue weighted by atomic mass is 10.3. The van der Waals surface area contributed by atoms with Crippen LogP contribution in [0.5, 0.6) is 0 Å². The highest BCUT2D eigenvalue weighted by Gasteiger charge is 2.10. The van der Waals surface area contributed by atoms with Gasteiger partial charge in [-0.1, -0.05) is 0 Å². The summed E-state index contributed by atoms with van der Waals surface area (Å²) in [6, 6.07) is 0. The summed E-state index contributed by atoms with van der Waals surface area (Å²) in [6.45, 7) is 3.01. The highest BCUT2D eigenvalue weighted by molar-refractivity contribution is 7.76. The number of rotatable bonds is 5. The van der Waals surface area contributed by atoms with Gasteiger partial charge in [-0.05, 0) is 13.8 Å². The summed E-state index contributed by atoms with van der Waals surface area (Å²) < 4.78 is 21.9. The van der Waals surface area contributed by atoms with E-state index in [4.69, 9.17) is 10.2 Å². The van der Waals surface area contributed by atoms with Gasteiger partial charge in [-0.2, -0.15) is 0 Å². The molecule has 0 aromatic heterocycles. The fourth-order valence-electron chi connectivity index (χ4n) is 0.786. The molecule has 0 aromatic carbocycles. The Kier molecular flexibility index (Phi) is 5.60. The van der Waals surface area contributed by atoms with E-state index in [1.54, 1.807) is 0 Å². The molecule has 0 fully saturated rings. The normalized spacial score (nSPS) is 19.2. The molecule has 0 bridgehead atoms. The summed E-state index contributed by atoms with van der Waals surface area (Å²) in [5.41, 5.74) is 0. The maximum Gasteiger partial charge on any atom is 0.0648 e. The van der Waals surface area contributed by atoms with Crippen molar-refractivity contribution in [2.75, 3.05) is 13.1 Å². The molecule has 3 unspecified atom stereocenters. The van der Waals surface area contributed by atoms with Gasteiger partial charge in [-0.15, -0.1) is 0 Å². The molecule has 3 atom stereocenters. The zero-order valence-corrected chi connectivity index (χ0v) is 7.95. The molecular formula is C6H14NO4S-. The molecule has 5 nitrogen and oxygen atoms in total.